The zero-order valence-electron chi connectivity index (χ0n) is 14.8. The van der Waals surface area contributed by atoms with Gasteiger partial charge < -0.3 is 5.32 Å². The van der Waals surface area contributed by atoms with Crippen LogP contribution in [0.3, 0.4) is 0 Å². The first-order chi connectivity index (χ1) is 13.1. The molecule has 1 heterocycles. The Morgan fingerprint density at radius 3 is 2.52 bits per heavy atom. The van der Waals surface area contributed by atoms with Crippen molar-refractivity contribution >= 4 is 22.9 Å². The normalized spacial score (nSPS) is 12.0. The molecule has 3 rings (SSSR count). The molecule has 0 spiro atoms. The molecular weight excluding hydrogens is 366 g/mol. The zero-order chi connectivity index (χ0) is 19.2. The van der Waals surface area contributed by atoms with Crippen molar-refractivity contribution in [2.24, 2.45) is 0 Å². The van der Waals surface area contributed by atoms with E-state index < -0.39 is 17.5 Å². The lowest BCUT2D eigenvalue weighted by Gasteiger charge is -2.18. The Kier molecular flexibility index (Phi) is 6.32. The molecule has 3 nitrogen and oxygen atoms in total. The average molecular weight is 386 g/mol. The van der Waals surface area contributed by atoms with Gasteiger partial charge in [-0.05, 0) is 41.1 Å². The van der Waals surface area contributed by atoms with Gasteiger partial charge in [0.1, 0.15) is 11.6 Å². The number of carbonyl (C=O) groups excluding carboxylic acids is 1. The summed E-state index contributed by atoms with van der Waals surface area (Å²) < 4.78 is 26.7. The maximum atomic E-state index is 13.7. The summed E-state index contributed by atoms with van der Waals surface area (Å²) in [6.07, 6.45) is 0.961. The SMILES string of the molecule is CCc1ccc([C@H](NCC(=O)Nc2ccc(F)cc2F)c2cccs2)cc1. The van der Waals surface area contributed by atoms with E-state index in [4.69, 9.17) is 0 Å². The van der Waals surface area contributed by atoms with E-state index >= 15 is 0 Å². The Labute approximate surface area is 161 Å². The van der Waals surface area contributed by atoms with Crippen LogP contribution in [0.2, 0.25) is 0 Å². The summed E-state index contributed by atoms with van der Waals surface area (Å²) in [5, 5.41) is 7.68. The van der Waals surface area contributed by atoms with Crippen molar-refractivity contribution in [3.8, 4) is 0 Å². The highest BCUT2D eigenvalue weighted by molar-refractivity contribution is 7.10. The number of nitrogens with one attached hydrogen (secondary N) is 2. The fourth-order valence-electron chi connectivity index (χ4n) is 2.76. The zero-order valence-corrected chi connectivity index (χ0v) is 15.7. The smallest absolute Gasteiger partial charge is 0.238 e. The second-order valence-corrected chi connectivity index (χ2v) is 7.08. The summed E-state index contributed by atoms with van der Waals surface area (Å²) in [5.74, 6) is -1.88. The maximum Gasteiger partial charge on any atom is 0.238 e. The Hall–Kier alpha value is -2.57. The van der Waals surface area contributed by atoms with Gasteiger partial charge in [-0.2, -0.15) is 0 Å². The van der Waals surface area contributed by atoms with E-state index in [0.717, 1.165) is 29.0 Å². The van der Waals surface area contributed by atoms with Crippen LogP contribution in [-0.2, 0) is 11.2 Å². The van der Waals surface area contributed by atoms with Crippen LogP contribution in [0.1, 0.15) is 29.0 Å². The number of benzene rings is 2. The number of anilines is 1. The molecule has 3 aromatic rings. The van der Waals surface area contributed by atoms with Crippen molar-refractivity contribution in [1.82, 2.24) is 5.32 Å². The topological polar surface area (TPSA) is 41.1 Å². The van der Waals surface area contributed by atoms with E-state index in [1.807, 2.05) is 29.6 Å². The van der Waals surface area contributed by atoms with Crippen LogP contribution in [-0.4, -0.2) is 12.5 Å². The summed E-state index contributed by atoms with van der Waals surface area (Å²) >= 11 is 1.60. The lowest BCUT2D eigenvalue weighted by molar-refractivity contribution is -0.115. The summed E-state index contributed by atoms with van der Waals surface area (Å²) in [5.41, 5.74) is 2.26. The number of hydrogen-bond donors (Lipinski definition) is 2. The van der Waals surface area contributed by atoms with Crippen LogP contribution >= 0.6 is 11.3 Å². The second-order valence-electron chi connectivity index (χ2n) is 6.10. The van der Waals surface area contributed by atoms with Gasteiger partial charge in [0.25, 0.3) is 0 Å². The summed E-state index contributed by atoms with van der Waals surface area (Å²) in [6, 6.07) is 15.1. The van der Waals surface area contributed by atoms with E-state index in [1.165, 1.54) is 11.6 Å². The van der Waals surface area contributed by atoms with Crippen LogP contribution in [0.4, 0.5) is 14.5 Å². The third-order valence-corrected chi connectivity index (χ3v) is 5.16. The number of carbonyl (C=O) groups is 1. The molecule has 2 N–H and O–H groups in total. The van der Waals surface area contributed by atoms with Crippen LogP contribution in [0, 0.1) is 11.6 Å². The minimum absolute atomic E-state index is 0.00505. The van der Waals surface area contributed by atoms with Gasteiger partial charge >= 0.3 is 0 Å². The molecule has 1 atom stereocenters. The number of hydrogen-bond acceptors (Lipinski definition) is 3. The van der Waals surface area contributed by atoms with Gasteiger partial charge in [-0.25, -0.2) is 8.78 Å². The predicted molar refractivity (Wildman–Crippen MR) is 105 cm³/mol. The molecule has 0 aliphatic heterocycles. The van der Waals surface area contributed by atoms with Gasteiger partial charge in [-0.3, -0.25) is 10.1 Å². The molecule has 6 heteroatoms. The standard InChI is InChI=1S/C21H20F2N2OS/c1-2-14-5-7-15(8-6-14)21(19-4-3-11-27-19)24-13-20(26)25-18-10-9-16(22)12-17(18)23/h3-12,21,24H,2,13H2,1H3,(H,25,26)/t21-/m0/s1. The van der Waals surface area contributed by atoms with E-state index in [-0.39, 0.29) is 18.3 Å². The third kappa shape index (κ3) is 4.99. The number of aryl methyl sites for hydroxylation is 1. The number of rotatable bonds is 7. The molecule has 0 saturated carbocycles. The van der Waals surface area contributed by atoms with Crippen LogP contribution < -0.4 is 10.6 Å². The second kappa shape index (κ2) is 8.88. The number of halogens is 2. The molecule has 2 aromatic carbocycles. The Morgan fingerprint density at radius 2 is 1.89 bits per heavy atom. The molecule has 0 bridgehead atoms. The Balaban J connectivity index is 1.70. The van der Waals surface area contributed by atoms with Gasteiger partial charge in [0, 0.05) is 10.9 Å². The van der Waals surface area contributed by atoms with Crippen LogP contribution in [0.15, 0.2) is 60.0 Å². The first kappa shape index (κ1) is 19.2. The van der Waals surface area contributed by atoms with Gasteiger partial charge in [-0.15, -0.1) is 11.3 Å². The maximum absolute atomic E-state index is 13.7. The molecule has 1 amide bonds. The highest BCUT2D eigenvalue weighted by Gasteiger charge is 2.17. The van der Waals surface area contributed by atoms with E-state index in [0.29, 0.717) is 0 Å². The van der Waals surface area contributed by atoms with Crippen molar-refractivity contribution in [3.05, 3.63) is 87.6 Å². The monoisotopic (exact) mass is 386 g/mol. The van der Waals surface area contributed by atoms with Crippen molar-refractivity contribution in [1.29, 1.82) is 0 Å². The molecule has 0 radical (unpaired) electrons. The summed E-state index contributed by atoms with van der Waals surface area (Å²) in [4.78, 5) is 13.3. The Bertz CT molecular complexity index is 895. The largest absolute Gasteiger partial charge is 0.322 e. The molecule has 0 aliphatic carbocycles. The van der Waals surface area contributed by atoms with Gasteiger partial charge in [0.15, 0.2) is 0 Å². The van der Waals surface area contributed by atoms with Crippen molar-refractivity contribution in [2.75, 3.05) is 11.9 Å². The highest BCUT2D eigenvalue weighted by Crippen LogP contribution is 2.26. The third-order valence-electron chi connectivity index (χ3n) is 4.22. The van der Waals surface area contributed by atoms with Crippen LogP contribution in [0.5, 0.6) is 0 Å². The molecule has 0 fully saturated rings. The predicted octanol–water partition coefficient (Wildman–Crippen LogP) is 4.91. The molecule has 0 unspecified atom stereocenters. The minimum atomic E-state index is -0.798. The Morgan fingerprint density at radius 1 is 1.11 bits per heavy atom. The van der Waals surface area contributed by atoms with Crippen molar-refractivity contribution < 1.29 is 13.6 Å². The van der Waals surface area contributed by atoms with Crippen molar-refractivity contribution in [2.45, 2.75) is 19.4 Å². The lowest BCUT2D eigenvalue weighted by atomic mass is 10.0. The highest BCUT2D eigenvalue weighted by atomic mass is 32.1. The lowest BCUT2D eigenvalue weighted by Crippen LogP contribution is -2.31. The molecule has 1 aromatic heterocycles. The molecule has 140 valence electrons. The first-order valence-electron chi connectivity index (χ1n) is 8.67. The van der Waals surface area contributed by atoms with Crippen LogP contribution in [0.25, 0.3) is 0 Å². The van der Waals surface area contributed by atoms with Gasteiger partial charge in [0.05, 0.1) is 18.3 Å². The fourth-order valence-corrected chi connectivity index (χ4v) is 3.59. The van der Waals surface area contributed by atoms with Crippen molar-refractivity contribution in [3.63, 3.8) is 0 Å². The minimum Gasteiger partial charge on any atom is -0.322 e. The van der Waals surface area contributed by atoms with E-state index in [2.05, 4.69) is 29.7 Å². The summed E-state index contributed by atoms with van der Waals surface area (Å²) in [7, 11) is 0. The van der Waals surface area contributed by atoms with E-state index in [9.17, 15) is 13.6 Å². The van der Waals surface area contributed by atoms with E-state index in [1.54, 1.807) is 11.3 Å². The molecule has 0 aliphatic rings. The quantitative estimate of drug-likeness (QED) is 0.606. The molecular formula is C21H20F2N2OS. The summed E-state index contributed by atoms with van der Waals surface area (Å²) in [6.45, 7) is 2.10. The van der Waals surface area contributed by atoms with Gasteiger partial charge in [0.2, 0.25) is 5.91 Å². The first-order valence-corrected chi connectivity index (χ1v) is 9.55. The fraction of sp³-hybridized carbons (Fsp3) is 0.190. The molecule has 0 saturated heterocycles. The average Bonchev–Trinajstić information content (AvgIpc) is 3.19. The number of thiophene rings is 1. The number of amides is 1. The molecule has 27 heavy (non-hydrogen) atoms. The van der Waals surface area contributed by atoms with Gasteiger partial charge in [-0.1, -0.05) is 37.3 Å².